The van der Waals surface area contributed by atoms with Crippen molar-refractivity contribution in [2.75, 3.05) is 44.7 Å². The molecule has 0 aromatic heterocycles. The van der Waals surface area contributed by atoms with Crippen molar-refractivity contribution in [2.45, 2.75) is 19.3 Å². The summed E-state index contributed by atoms with van der Waals surface area (Å²) in [7, 11) is 0. The minimum atomic E-state index is -0.391. The molecule has 2 aliphatic rings. The number of morpholine rings is 1. The lowest BCUT2D eigenvalue weighted by Crippen LogP contribution is -2.42. The second kappa shape index (κ2) is 8.01. The molecule has 2 saturated heterocycles. The molecule has 7 nitrogen and oxygen atoms in total. The van der Waals surface area contributed by atoms with Crippen molar-refractivity contribution in [3.63, 3.8) is 0 Å². The number of carbonyl (C=O) groups is 2. The van der Waals surface area contributed by atoms with Crippen LogP contribution in [0.5, 0.6) is 5.75 Å². The van der Waals surface area contributed by atoms with Gasteiger partial charge in [-0.1, -0.05) is 6.07 Å². The topological polar surface area (TPSA) is 71.1 Å². The third kappa shape index (κ3) is 4.38. The van der Waals surface area contributed by atoms with Gasteiger partial charge in [0.25, 0.3) is 0 Å². The number of benzene rings is 1. The Kier molecular flexibility index (Phi) is 5.53. The molecule has 0 atom stereocenters. The van der Waals surface area contributed by atoms with E-state index in [4.69, 9.17) is 9.47 Å². The summed E-state index contributed by atoms with van der Waals surface area (Å²) < 4.78 is 10.6. The molecule has 0 radical (unpaired) electrons. The molecule has 0 aliphatic carbocycles. The predicted molar refractivity (Wildman–Crippen MR) is 89.3 cm³/mol. The number of hydrogen-bond donors (Lipinski definition) is 1. The second-order valence-corrected chi connectivity index (χ2v) is 5.97. The summed E-state index contributed by atoms with van der Waals surface area (Å²) in [4.78, 5) is 27.8. The molecular formula is C17H23N3O4. The van der Waals surface area contributed by atoms with Gasteiger partial charge >= 0.3 is 12.1 Å². The summed E-state index contributed by atoms with van der Waals surface area (Å²) in [5, 5.41) is 2.87. The molecule has 3 rings (SSSR count). The Balaban J connectivity index is 1.57. The van der Waals surface area contributed by atoms with E-state index in [1.165, 1.54) is 6.42 Å². The molecule has 1 aromatic carbocycles. The van der Waals surface area contributed by atoms with E-state index in [9.17, 15) is 9.59 Å². The third-order valence-corrected chi connectivity index (χ3v) is 4.20. The van der Waals surface area contributed by atoms with Gasteiger partial charge < -0.3 is 24.6 Å². The molecular weight excluding hydrogens is 310 g/mol. The van der Waals surface area contributed by atoms with Crippen LogP contribution in [0, 0.1) is 0 Å². The van der Waals surface area contributed by atoms with Crippen molar-refractivity contribution < 1.29 is 19.1 Å². The first kappa shape index (κ1) is 16.6. The van der Waals surface area contributed by atoms with Gasteiger partial charge in [0, 0.05) is 37.9 Å². The van der Waals surface area contributed by atoms with Crippen LogP contribution in [-0.2, 0) is 4.74 Å². The molecule has 0 spiro atoms. The fourth-order valence-electron chi connectivity index (χ4n) is 2.85. The Morgan fingerprint density at radius 1 is 1.00 bits per heavy atom. The zero-order valence-corrected chi connectivity index (χ0v) is 13.7. The second-order valence-electron chi connectivity index (χ2n) is 5.97. The lowest BCUT2D eigenvalue weighted by molar-refractivity contribution is 0.0416. The maximum Gasteiger partial charge on any atom is 0.415 e. The summed E-state index contributed by atoms with van der Waals surface area (Å²) in [6.45, 7) is 3.70. The Morgan fingerprint density at radius 2 is 1.75 bits per heavy atom. The SMILES string of the molecule is O=C(Nc1cccc(OC(=O)N2CCOCC2)c1)N1CCCCC1. The van der Waals surface area contributed by atoms with Gasteiger partial charge in [0.05, 0.1) is 13.2 Å². The molecule has 0 saturated carbocycles. The standard InChI is InChI=1S/C17H23N3O4/c21-16(19-7-2-1-3-8-19)18-14-5-4-6-15(13-14)24-17(22)20-9-11-23-12-10-20/h4-6,13H,1-3,7-12H2,(H,18,21). The molecule has 0 unspecified atom stereocenters. The first-order valence-corrected chi connectivity index (χ1v) is 8.43. The van der Waals surface area contributed by atoms with Crippen LogP contribution in [0.15, 0.2) is 24.3 Å². The van der Waals surface area contributed by atoms with E-state index in [1.807, 2.05) is 4.90 Å². The Hall–Kier alpha value is -2.28. The number of nitrogens with zero attached hydrogens (tertiary/aromatic N) is 2. The molecule has 130 valence electrons. The number of likely N-dealkylation sites (tertiary alicyclic amines) is 1. The van der Waals surface area contributed by atoms with E-state index < -0.39 is 6.09 Å². The average molecular weight is 333 g/mol. The number of piperidine rings is 1. The fraction of sp³-hybridized carbons (Fsp3) is 0.529. The average Bonchev–Trinajstić information content (AvgIpc) is 2.63. The highest BCUT2D eigenvalue weighted by Gasteiger charge is 2.19. The van der Waals surface area contributed by atoms with Gasteiger partial charge in [0.15, 0.2) is 0 Å². The lowest BCUT2D eigenvalue weighted by atomic mass is 10.1. The predicted octanol–water partition coefficient (Wildman–Crippen LogP) is 2.54. The molecule has 2 fully saturated rings. The van der Waals surface area contributed by atoms with Crippen LogP contribution >= 0.6 is 0 Å². The molecule has 7 heteroatoms. The fourth-order valence-corrected chi connectivity index (χ4v) is 2.85. The Morgan fingerprint density at radius 3 is 2.50 bits per heavy atom. The molecule has 0 bridgehead atoms. The van der Waals surface area contributed by atoms with Crippen molar-refractivity contribution in [2.24, 2.45) is 0 Å². The van der Waals surface area contributed by atoms with Crippen molar-refractivity contribution in [1.29, 1.82) is 0 Å². The number of nitrogens with one attached hydrogen (secondary N) is 1. The monoisotopic (exact) mass is 333 g/mol. The Labute approximate surface area is 141 Å². The molecule has 1 aromatic rings. The maximum atomic E-state index is 12.2. The van der Waals surface area contributed by atoms with E-state index in [-0.39, 0.29) is 6.03 Å². The van der Waals surface area contributed by atoms with E-state index in [1.54, 1.807) is 29.2 Å². The summed E-state index contributed by atoms with van der Waals surface area (Å²) in [6.07, 6.45) is 2.88. The van der Waals surface area contributed by atoms with Gasteiger partial charge in [0.2, 0.25) is 0 Å². The van der Waals surface area contributed by atoms with Crippen LogP contribution in [-0.4, -0.2) is 61.3 Å². The lowest BCUT2D eigenvalue weighted by Gasteiger charge is -2.27. The summed E-state index contributed by atoms with van der Waals surface area (Å²) in [6, 6.07) is 6.81. The number of amides is 3. The van der Waals surface area contributed by atoms with Crippen LogP contribution in [0.1, 0.15) is 19.3 Å². The first-order valence-electron chi connectivity index (χ1n) is 8.43. The van der Waals surface area contributed by atoms with Crippen LogP contribution in [0.25, 0.3) is 0 Å². The Bertz CT molecular complexity index is 534. The number of rotatable bonds is 2. The molecule has 2 aliphatic heterocycles. The van der Waals surface area contributed by atoms with Gasteiger partial charge in [-0.25, -0.2) is 9.59 Å². The van der Waals surface area contributed by atoms with E-state index >= 15 is 0 Å². The van der Waals surface area contributed by atoms with Crippen LogP contribution in [0.4, 0.5) is 15.3 Å². The third-order valence-electron chi connectivity index (χ3n) is 4.20. The highest BCUT2D eigenvalue weighted by Crippen LogP contribution is 2.19. The van der Waals surface area contributed by atoms with Crippen LogP contribution < -0.4 is 10.1 Å². The van der Waals surface area contributed by atoms with Crippen LogP contribution in [0.3, 0.4) is 0 Å². The quantitative estimate of drug-likeness (QED) is 0.903. The maximum absolute atomic E-state index is 12.2. The smallest absolute Gasteiger partial charge is 0.410 e. The van der Waals surface area contributed by atoms with Gasteiger partial charge in [-0.15, -0.1) is 0 Å². The zero-order chi connectivity index (χ0) is 16.8. The number of hydrogen-bond acceptors (Lipinski definition) is 4. The van der Waals surface area contributed by atoms with Crippen LogP contribution in [0.2, 0.25) is 0 Å². The zero-order valence-electron chi connectivity index (χ0n) is 13.7. The summed E-state index contributed by atoms with van der Waals surface area (Å²) in [5.41, 5.74) is 0.623. The van der Waals surface area contributed by atoms with Gasteiger partial charge in [-0.3, -0.25) is 0 Å². The highest BCUT2D eigenvalue weighted by atomic mass is 16.6. The van der Waals surface area contributed by atoms with Crippen molar-refractivity contribution >= 4 is 17.8 Å². The minimum Gasteiger partial charge on any atom is -0.410 e. The van der Waals surface area contributed by atoms with Crippen molar-refractivity contribution in [1.82, 2.24) is 9.80 Å². The number of ether oxygens (including phenoxy) is 2. The minimum absolute atomic E-state index is 0.105. The largest absolute Gasteiger partial charge is 0.415 e. The normalized spacial score (nSPS) is 18.2. The van der Waals surface area contributed by atoms with E-state index in [0.29, 0.717) is 37.7 Å². The number of carbonyl (C=O) groups excluding carboxylic acids is 2. The van der Waals surface area contributed by atoms with Gasteiger partial charge in [0.1, 0.15) is 5.75 Å². The molecule has 2 heterocycles. The first-order chi connectivity index (χ1) is 11.7. The molecule has 24 heavy (non-hydrogen) atoms. The molecule has 3 amide bonds. The van der Waals surface area contributed by atoms with Crippen molar-refractivity contribution in [3.8, 4) is 5.75 Å². The highest BCUT2D eigenvalue weighted by molar-refractivity contribution is 5.89. The van der Waals surface area contributed by atoms with Gasteiger partial charge in [-0.05, 0) is 31.4 Å². The van der Waals surface area contributed by atoms with Crippen molar-refractivity contribution in [3.05, 3.63) is 24.3 Å². The van der Waals surface area contributed by atoms with E-state index in [0.717, 1.165) is 25.9 Å². The van der Waals surface area contributed by atoms with Gasteiger partial charge in [-0.2, -0.15) is 0 Å². The summed E-state index contributed by atoms with van der Waals surface area (Å²) in [5.74, 6) is 0.419. The molecule has 1 N–H and O–H groups in total. The van der Waals surface area contributed by atoms with E-state index in [2.05, 4.69) is 5.32 Å². The number of anilines is 1. The number of urea groups is 1. The summed E-state index contributed by atoms with van der Waals surface area (Å²) >= 11 is 0.